The first kappa shape index (κ1) is 28.9. The van der Waals surface area contributed by atoms with Crippen molar-refractivity contribution in [1.29, 1.82) is 0 Å². The Hall–Kier alpha value is -2.24. The highest BCUT2D eigenvalue weighted by Gasteiger charge is 2.76. The van der Waals surface area contributed by atoms with Crippen molar-refractivity contribution in [3.63, 3.8) is 0 Å². The Bertz CT molecular complexity index is 1490. The van der Waals surface area contributed by atoms with Gasteiger partial charge in [0.1, 0.15) is 12.4 Å². The van der Waals surface area contributed by atoms with Crippen molar-refractivity contribution < 1.29 is 29.0 Å². The molecule has 1 saturated carbocycles. The highest BCUT2D eigenvalue weighted by molar-refractivity contribution is 9.10. The predicted molar refractivity (Wildman–Crippen MR) is 159 cm³/mol. The molecule has 41 heavy (non-hydrogen) atoms. The molecule has 3 fully saturated rings. The summed E-state index contributed by atoms with van der Waals surface area (Å²) in [7, 11) is 0. The lowest BCUT2D eigenvalue weighted by atomic mass is 9.56. The summed E-state index contributed by atoms with van der Waals surface area (Å²) in [5.74, 6) is -4.25. The van der Waals surface area contributed by atoms with Crippen LogP contribution in [0.4, 0.5) is 5.69 Å². The molecule has 8 nitrogen and oxygen atoms in total. The van der Waals surface area contributed by atoms with Gasteiger partial charge in [-0.25, -0.2) is 0 Å². The molecule has 0 radical (unpaired) electrons. The number of likely N-dealkylation sites (tertiary alicyclic amines) is 1. The number of ether oxygens (including phenoxy) is 1. The van der Waals surface area contributed by atoms with E-state index in [9.17, 15) is 19.2 Å². The first-order valence-corrected chi connectivity index (χ1v) is 15.7. The summed E-state index contributed by atoms with van der Waals surface area (Å²) in [6.45, 7) is -0.0361. The summed E-state index contributed by atoms with van der Waals surface area (Å²) in [6, 6.07) is 13.8. The van der Waals surface area contributed by atoms with Crippen molar-refractivity contribution in [3.8, 4) is 5.75 Å². The summed E-state index contributed by atoms with van der Waals surface area (Å²) < 4.78 is 6.32. The zero-order valence-electron chi connectivity index (χ0n) is 21.4. The standard InChI is InChI=1S/C29H24Br2Cl2N2O6/c30-14-34-26(39)28(32)13-21-19(23(29(28,33)27(34)40)15-1-7-18(8-2-15)41-12-11-36)9-10-20-22(21)25(38)35(24(20)37)17-5-3-16(31)4-6-17/h1-9,20-23,36H,10-14H2/t20-,21+,22-,23-,28+,29-/m0/s1. The van der Waals surface area contributed by atoms with Crippen LogP contribution in [0.1, 0.15) is 24.3 Å². The van der Waals surface area contributed by atoms with E-state index in [1.165, 1.54) is 4.90 Å². The Morgan fingerprint density at radius 3 is 2.27 bits per heavy atom. The van der Waals surface area contributed by atoms with Crippen LogP contribution >= 0.6 is 55.1 Å². The number of amides is 4. The monoisotopic (exact) mass is 724 g/mol. The van der Waals surface area contributed by atoms with Crippen molar-refractivity contribution in [1.82, 2.24) is 4.90 Å². The summed E-state index contributed by atoms with van der Waals surface area (Å²) in [4.78, 5) is 53.7. The number of carbonyl (C=O) groups excluding carboxylic acids is 4. The first-order valence-electron chi connectivity index (χ1n) is 13.1. The maximum atomic E-state index is 14.0. The largest absolute Gasteiger partial charge is 0.491 e. The molecule has 2 saturated heterocycles. The van der Waals surface area contributed by atoms with E-state index in [4.69, 9.17) is 33.0 Å². The Morgan fingerprint density at radius 2 is 1.63 bits per heavy atom. The molecule has 2 aliphatic carbocycles. The van der Waals surface area contributed by atoms with Crippen LogP contribution in [0.2, 0.25) is 0 Å². The van der Waals surface area contributed by atoms with Gasteiger partial charge in [0, 0.05) is 10.4 Å². The number of anilines is 1. The summed E-state index contributed by atoms with van der Waals surface area (Å²) in [5.41, 5.74) is 1.72. The molecule has 214 valence electrons. The average molecular weight is 727 g/mol. The Kier molecular flexibility index (Phi) is 7.38. The van der Waals surface area contributed by atoms with E-state index in [2.05, 4.69) is 31.9 Å². The lowest BCUT2D eigenvalue weighted by molar-refractivity contribution is -0.138. The van der Waals surface area contributed by atoms with E-state index < -0.39 is 45.2 Å². The minimum Gasteiger partial charge on any atom is -0.491 e. The second-order valence-electron chi connectivity index (χ2n) is 10.6. The van der Waals surface area contributed by atoms with Gasteiger partial charge in [-0.3, -0.25) is 29.0 Å². The second kappa shape index (κ2) is 10.5. The third-order valence-corrected chi connectivity index (χ3v) is 11.1. The van der Waals surface area contributed by atoms with Gasteiger partial charge in [-0.15, -0.1) is 23.2 Å². The number of hydrogen-bond acceptors (Lipinski definition) is 6. The van der Waals surface area contributed by atoms with Crippen LogP contribution in [0.5, 0.6) is 5.75 Å². The zero-order valence-corrected chi connectivity index (χ0v) is 26.1. The van der Waals surface area contributed by atoms with E-state index >= 15 is 0 Å². The molecule has 6 atom stereocenters. The molecule has 2 aliphatic heterocycles. The molecular formula is C29H24Br2Cl2N2O6. The number of allylic oxidation sites excluding steroid dienone is 2. The van der Waals surface area contributed by atoms with Gasteiger partial charge < -0.3 is 9.84 Å². The molecule has 12 heteroatoms. The number of fused-ring (bicyclic) bond motifs is 4. The number of hydrogen-bond donors (Lipinski definition) is 1. The maximum absolute atomic E-state index is 14.0. The zero-order chi connectivity index (χ0) is 29.3. The van der Waals surface area contributed by atoms with Crippen LogP contribution < -0.4 is 9.64 Å². The van der Waals surface area contributed by atoms with Gasteiger partial charge in [0.25, 0.3) is 11.8 Å². The molecule has 2 aromatic rings. The van der Waals surface area contributed by atoms with E-state index in [0.29, 0.717) is 17.0 Å². The molecule has 0 spiro atoms. The lowest BCUT2D eigenvalue weighted by Gasteiger charge is -2.50. The second-order valence-corrected chi connectivity index (χ2v) is 13.3. The number of alkyl halides is 3. The van der Waals surface area contributed by atoms with E-state index in [-0.39, 0.29) is 43.3 Å². The number of rotatable bonds is 6. The maximum Gasteiger partial charge on any atom is 0.254 e. The van der Waals surface area contributed by atoms with Gasteiger partial charge >= 0.3 is 0 Å². The molecule has 0 unspecified atom stereocenters. The van der Waals surface area contributed by atoms with Crippen molar-refractivity contribution in [2.24, 2.45) is 17.8 Å². The number of aliphatic hydroxyl groups is 1. The van der Waals surface area contributed by atoms with Gasteiger partial charge in [-0.05, 0) is 60.7 Å². The number of carbonyl (C=O) groups is 4. The van der Waals surface area contributed by atoms with E-state index in [1.54, 1.807) is 48.5 Å². The molecule has 4 amide bonds. The summed E-state index contributed by atoms with van der Waals surface area (Å²) >= 11 is 21.1. The van der Waals surface area contributed by atoms with Crippen LogP contribution in [0.25, 0.3) is 0 Å². The topological polar surface area (TPSA) is 104 Å². The van der Waals surface area contributed by atoms with Gasteiger partial charge in [-0.1, -0.05) is 55.6 Å². The van der Waals surface area contributed by atoms with Crippen molar-refractivity contribution in [2.75, 3.05) is 23.6 Å². The molecular weight excluding hydrogens is 703 g/mol. The third-order valence-electron chi connectivity index (χ3n) is 8.67. The fourth-order valence-corrected chi connectivity index (χ4v) is 8.58. The van der Waals surface area contributed by atoms with Gasteiger partial charge in [0.15, 0.2) is 9.75 Å². The lowest BCUT2D eigenvalue weighted by Crippen LogP contribution is -2.60. The fourth-order valence-electron chi connectivity index (χ4n) is 6.89. The molecule has 0 aromatic heterocycles. The number of benzene rings is 2. The van der Waals surface area contributed by atoms with Crippen molar-refractivity contribution >= 4 is 84.4 Å². The minimum absolute atomic E-state index is 0.0689. The quantitative estimate of drug-likeness (QED) is 0.200. The van der Waals surface area contributed by atoms with Crippen molar-refractivity contribution in [2.45, 2.75) is 28.5 Å². The third kappa shape index (κ3) is 4.08. The first-order chi connectivity index (χ1) is 19.6. The molecule has 4 aliphatic rings. The Labute approximate surface area is 262 Å². The number of aliphatic hydroxyl groups excluding tert-OH is 1. The molecule has 0 bridgehead atoms. The highest BCUT2D eigenvalue weighted by Crippen LogP contribution is 2.65. The summed E-state index contributed by atoms with van der Waals surface area (Å²) in [5, 5.41) is 9.10. The summed E-state index contributed by atoms with van der Waals surface area (Å²) in [6.07, 6.45) is 2.12. The normalized spacial score (nSPS) is 32.6. The average Bonchev–Trinajstić information content (AvgIpc) is 3.30. The number of nitrogens with zero attached hydrogens (tertiary/aromatic N) is 2. The van der Waals surface area contributed by atoms with Crippen molar-refractivity contribution in [3.05, 3.63) is 70.2 Å². The highest BCUT2D eigenvalue weighted by atomic mass is 79.9. The van der Waals surface area contributed by atoms with Crippen LogP contribution in [-0.4, -0.2) is 62.1 Å². The van der Waals surface area contributed by atoms with Gasteiger partial charge in [0.05, 0.1) is 29.6 Å². The van der Waals surface area contributed by atoms with Crippen LogP contribution in [0, 0.1) is 17.8 Å². The molecule has 2 aromatic carbocycles. The Morgan fingerprint density at radius 1 is 0.951 bits per heavy atom. The minimum atomic E-state index is -1.86. The van der Waals surface area contributed by atoms with E-state index in [0.717, 1.165) is 14.9 Å². The van der Waals surface area contributed by atoms with Crippen LogP contribution in [-0.2, 0) is 19.2 Å². The number of imide groups is 2. The Balaban J connectivity index is 1.47. The SMILES string of the molecule is O=C1[C@H]2[C@H](CC=C3[C@H]2C[C@@]2(Cl)C(=O)N(CBr)C(=O)[C@@]2(Cl)[C@H]3c2ccc(OCCO)cc2)C(=O)N1c1ccc(Br)cc1. The predicted octanol–water partition coefficient (Wildman–Crippen LogP) is 4.74. The molecule has 6 rings (SSSR count). The van der Waals surface area contributed by atoms with Gasteiger partial charge in [-0.2, -0.15) is 0 Å². The fraction of sp³-hybridized carbons (Fsp3) is 0.379. The molecule has 2 heterocycles. The molecule has 1 N–H and O–H groups in total. The van der Waals surface area contributed by atoms with Crippen LogP contribution in [0.15, 0.2) is 64.7 Å². The van der Waals surface area contributed by atoms with Gasteiger partial charge in [0.2, 0.25) is 11.8 Å². The van der Waals surface area contributed by atoms with E-state index in [1.807, 2.05) is 6.08 Å². The number of halogens is 4. The smallest absolute Gasteiger partial charge is 0.254 e. The van der Waals surface area contributed by atoms with Crippen LogP contribution in [0.3, 0.4) is 0 Å².